The number of azo groups is 1. The third kappa shape index (κ3) is 5.75. The molecule has 1 unspecified atom stereocenters. The highest BCUT2D eigenvalue weighted by Gasteiger charge is 2.22. The summed E-state index contributed by atoms with van der Waals surface area (Å²) >= 11 is 0. The largest absolute Gasteiger partial charge is 0.356 e. The minimum Gasteiger partial charge on any atom is -0.356 e. The zero-order valence-electron chi connectivity index (χ0n) is 9.72. The van der Waals surface area contributed by atoms with E-state index >= 15 is 0 Å². The molecule has 0 aliphatic heterocycles. The Morgan fingerprint density at radius 1 is 1.08 bits per heavy atom. The molecule has 13 heavy (non-hydrogen) atoms. The first-order valence-electron chi connectivity index (χ1n) is 4.82. The maximum absolute atomic E-state index is 5.31. The van der Waals surface area contributed by atoms with Gasteiger partial charge in [0.15, 0.2) is 5.72 Å². The number of methoxy groups -OCH3 is 1. The minimum atomic E-state index is -0.442. The van der Waals surface area contributed by atoms with E-state index in [4.69, 9.17) is 4.74 Å². The molecule has 0 aromatic rings. The summed E-state index contributed by atoms with van der Waals surface area (Å²) in [5.41, 5.74) is -0.560. The second-order valence-electron chi connectivity index (χ2n) is 4.50. The molecule has 0 radical (unpaired) electrons. The maximum Gasteiger partial charge on any atom is 0.175 e. The van der Waals surface area contributed by atoms with Gasteiger partial charge in [-0.3, -0.25) is 0 Å². The Bertz CT molecular complexity index is 172. The predicted octanol–water partition coefficient (Wildman–Crippen LogP) is 3.40. The molecule has 0 heterocycles. The van der Waals surface area contributed by atoms with Gasteiger partial charge in [0, 0.05) is 7.11 Å². The van der Waals surface area contributed by atoms with Crippen molar-refractivity contribution in [2.45, 2.75) is 58.7 Å². The Morgan fingerprint density at radius 3 is 1.92 bits per heavy atom. The molecule has 0 aromatic carbocycles. The molecule has 78 valence electrons. The van der Waals surface area contributed by atoms with Gasteiger partial charge in [-0.05, 0) is 34.1 Å². The van der Waals surface area contributed by atoms with Gasteiger partial charge in [0.1, 0.15) is 0 Å². The summed E-state index contributed by atoms with van der Waals surface area (Å²) in [5, 5.41) is 8.46. The zero-order chi connectivity index (χ0) is 10.5. The second-order valence-corrected chi connectivity index (χ2v) is 4.50. The first-order valence-corrected chi connectivity index (χ1v) is 4.82. The van der Waals surface area contributed by atoms with Gasteiger partial charge in [-0.2, -0.15) is 10.2 Å². The Morgan fingerprint density at radius 2 is 1.62 bits per heavy atom. The van der Waals surface area contributed by atoms with E-state index in [1.54, 1.807) is 7.11 Å². The molecule has 1 atom stereocenters. The van der Waals surface area contributed by atoms with Crippen molar-refractivity contribution < 1.29 is 4.74 Å². The van der Waals surface area contributed by atoms with E-state index in [9.17, 15) is 0 Å². The summed E-state index contributed by atoms with van der Waals surface area (Å²) in [6, 6.07) is 0. The van der Waals surface area contributed by atoms with E-state index < -0.39 is 5.72 Å². The normalized spacial score (nSPS) is 17.7. The number of hydrogen-bond donors (Lipinski definition) is 0. The lowest BCUT2D eigenvalue weighted by atomic mass is 10.1. The van der Waals surface area contributed by atoms with Gasteiger partial charge in [0.05, 0.1) is 5.54 Å². The number of hydrogen-bond acceptors (Lipinski definition) is 3. The SMILES string of the molecule is CCCC(C)(N=NC(C)(C)C)OC. The molecule has 3 nitrogen and oxygen atoms in total. The first-order chi connectivity index (χ1) is 5.83. The van der Waals surface area contributed by atoms with Gasteiger partial charge in [-0.1, -0.05) is 13.3 Å². The zero-order valence-corrected chi connectivity index (χ0v) is 9.72. The van der Waals surface area contributed by atoms with E-state index in [1.807, 2.05) is 27.7 Å². The van der Waals surface area contributed by atoms with Crippen LogP contribution in [0.1, 0.15) is 47.5 Å². The number of rotatable bonds is 4. The van der Waals surface area contributed by atoms with Gasteiger partial charge >= 0.3 is 0 Å². The minimum absolute atomic E-state index is 0.118. The highest BCUT2D eigenvalue weighted by atomic mass is 16.5. The van der Waals surface area contributed by atoms with Crippen LogP contribution in [0.2, 0.25) is 0 Å². The summed E-state index contributed by atoms with van der Waals surface area (Å²) < 4.78 is 5.31. The van der Waals surface area contributed by atoms with Crippen LogP contribution >= 0.6 is 0 Å². The van der Waals surface area contributed by atoms with Crippen molar-refractivity contribution in [3.8, 4) is 0 Å². The second kappa shape index (κ2) is 4.70. The summed E-state index contributed by atoms with van der Waals surface area (Å²) in [5.74, 6) is 0. The Balaban J connectivity index is 4.34. The fourth-order valence-corrected chi connectivity index (χ4v) is 0.913. The van der Waals surface area contributed by atoms with Gasteiger partial charge in [0.25, 0.3) is 0 Å². The summed E-state index contributed by atoms with van der Waals surface area (Å²) in [6.07, 6.45) is 1.95. The van der Waals surface area contributed by atoms with E-state index in [-0.39, 0.29) is 5.54 Å². The van der Waals surface area contributed by atoms with Crippen LogP contribution in [0.25, 0.3) is 0 Å². The van der Waals surface area contributed by atoms with Crippen molar-refractivity contribution in [2.75, 3.05) is 7.11 Å². The van der Waals surface area contributed by atoms with Crippen LogP contribution < -0.4 is 0 Å². The molecule has 0 N–H and O–H groups in total. The Kier molecular flexibility index (Phi) is 4.54. The van der Waals surface area contributed by atoms with Gasteiger partial charge in [0.2, 0.25) is 0 Å². The monoisotopic (exact) mass is 186 g/mol. The van der Waals surface area contributed by atoms with Crippen LogP contribution in [0.4, 0.5) is 0 Å². The molecule has 0 aliphatic rings. The maximum atomic E-state index is 5.31. The molecule has 0 bridgehead atoms. The average molecular weight is 186 g/mol. The lowest BCUT2D eigenvalue weighted by molar-refractivity contribution is -0.00227. The van der Waals surface area contributed by atoms with E-state index in [2.05, 4.69) is 17.2 Å². The van der Waals surface area contributed by atoms with E-state index in [1.165, 1.54) is 0 Å². The standard InChI is InChI=1S/C10H22N2O/c1-7-8-10(5,13-6)12-11-9(2,3)4/h7-8H2,1-6H3. The van der Waals surface area contributed by atoms with Crippen LogP contribution in [0.15, 0.2) is 10.2 Å². The molecule has 0 fully saturated rings. The van der Waals surface area contributed by atoms with Gasteiger partial charge in [-0.15, -0.1) is 0 Å². The molecule has 0 rings (SSSR count). The molecule has 0 aliphatic carbocycles. The van der Waals surface area contributed by atoms with Gasteiger partial charge < -0.3 is 4.74 Å². The molecule has 0 aromatic heterocycles. The van der Waals surface area contributed by atoms with Crippen LogP contribution in [0.3, 0.4) is 0 Å². The number of nitrogens with zero attached hydrogens (tertiary/aromatic N) is 2. The van der Waals surface area contributed by atoms with Gasteiger partial charge in [-0.25, -0.2) is 0 Å². The van der Waals surface area contributed by atoms with Crippen LogP contribution in [-0.2, 0) is 4.74 Å². The molecule has 0 spiro atoms. The summed E-state index contributed by atoms with van der Waals surface area (Å²) in [4.78, 5) is 0. The first kappa shape index (κ1) is 12.6. The fraction of sp³-hybridized carbons (Fsp3) is 1.00. The van der Waals surface area contributed by atoms with Crippen LogP contribution in [0.5, 0.6) is 0 Å². The van der Waals surface area contributed by atoms with E-state index in [0.717, 1.165) is 12.8 Å². The van der Waals surface area contributed by atoms with E-state index in [0.29, 0.717) is 0 Å². The lowest BCUT2D eigenvalue weighted by Gasteiger charge is -2.23. The topological polar surface area (TPSA) is 34.0 Å². The Hall–Kier alpha value is -0.440. The predicted molar refractivity (Wildman–Crippen MR) is 54.9 cm³/mol. The summed E-state index contributed by atoms with van der Waals surface area (Å²) in [6.45, 7) is 10.2. The summed E-state index contributed by atoms with van der Waals surface area (Å²) in [7, 11) is 1.68. The molecule has 0 saturated heterocycles. The van der Waals surface area contributed by atoms with Crippen molar-refractivity contribution in [3.63, 3.8) is 0 Å². The van der Waals surface area contributed by atoms with Crippen molar-refractivity contribution in [1.29, 1.82) is 0 Å². The molecule has 0 amide bonds. The highest BCUT2D eigenvalue weighted by molar-refractivity contribution is 4.73. The third-order valence-corrected chi connectivity index (χ3v) is 1.72. The fourth-order valence-electron chi connectivity index (χ4n) is 0.913. The molecular weight excluding hydrogens is 164 g/mol. The Labute approximate surface area is 81.6 Å². The lowest BCUT2D eigenvalue weighted by Crippen LogP contribution is -2.25. The highest BCUT2D eigenvalue weighted by Crippen LogP contribution is 2.21. The van der Waals surface area contributed by atoms with Crippen LogP contribution in [0, 0.1) is 0 Å². The quantitative estimate of drug-likeness (QED) is 0.619. The number of ether oxygens (including phenoxy) is 1. The van der Waals surface area contributed by atoms with Crippen LogP contribution in [-0.4, -0.2) is 18.4 Å². The van der Waals surface area contributed by atoms with Crippen molar-refractivity contribution in [1.82, 2.24) is 0 Å². The third-order valence-electron chi connectivity index (χ3n) is 1.72. The van der Waals surface area contributed by atoms with Crippen molar-refractivity contribution >= 4 is 0 Å². The smallest absolute Gasteiger partial charge is 0.175 e. The van der Waals surface area contributed by atoms with Crippen molar-refractivity contribution in [3.05, 3.63) is 0 Å². The molecule has 3 heteroatoms. The average Bonchev–Trinajstić information content (AvgIpc) is 2.01. The molecule has 0 saturated carbocycles. The van der Waals surface area contributed by atoms with Crippen molar-refractivity contribution in [2.24, 2.45) is 10.2 Å². The molecular formula is C10H22N2O.